The van der Waals surface area contributed by atoms with Gasteiger partial charge >= 0.3 is 0 Å². The van der Waals surface area contributed by atoms with Gasteiger partial charge < -0.3 is 11.2 Å². The third-order valence-corrected chi connectivity index (χ3v) is 5.03. The zero-order valence-corrected chi connectivity index (χ0v) is 15.8. The Morgan fingerprint density at radius 1 is 1.26 bits per heavy atom. The van der Waals surface area contributed by atoms with Gasteiger partial charge in [0, 0.05) is 10.6 Å². The average Bonchev–Trinajstić information content (AvgIpc) is 3.03. The fraction of sp³-hybridized carbons (Fsp3) is 0.111. The van der Waals surface area contributed by atoms with Crippen molar-refractivity contribution in [2.24, 2.45) is 0 Å². The van der Waals surface area contributed by atoms with Crippen LogP contribution in [0.3, 0.4) is 0 Å². The minimum absolute atomic E-state index is 0.265. The van der Waals surface area contributed by atoms with Gasteiger partial charge in [-0.2, -0.15) is 5.26 Å². The van der Waals surface area contributed by atoms with E-state index in [1.807, 2.05) is 6.07 Å². The zero-order chi connectivity index (χ0) is 19.4. The molecule has 3 aromatic rings. The number of carbonyl (C=O) groups is 1. The molecule has 3 N–H and O–H groups in total. The maximum Gasteiger partial charge on any atom is 0.237 e. The lowest BCUT2D eigenvalue weighted by molar-refractivity contribution is -0.115. The first-order valence-electron chi connectivity index (χ1n) is 7.92. The molecule has 1 atom stereocenters. The van der Waals surface area contributed by atoms with Crippen molar-refractivity contribution in [3.63, 3.8) is 0 Å². The first-order chi connectivity index (χ1) is 13.0. The van der Waals surface area contributed by atoms with Crippen LogP contribution in [0.1, 0.15) is 12.5 Å². The number of halogens is 1. The quantitative estimate of drug-likeness (QED) is 0.504. The molecule has 2 aromatic carbocycles. The van der Waals surface area contributed by atoms with Crippen LogP contribution in [0.25, 0.3) is 11.4 Å². The molecule has 1 heterocycles. The van der Waals surface area contributed by atoms with Crippen LogP contribution in [-0.4, -0.2) is 26.0 Å². The Kier molecular flexibility index (Phi) is 5.64. The van der Waals surface area contributed by atoms with Crippen LogP contribution >= 0.6 is 23.4 Å². The van der Waals surface area contributed by atoms with Crippen molar-refractivity contribution in [2.45, 2.75) is 17.3 Å². The van der Waals surface area contributed by atoms with E-state index in [4.69, 9.17) is 22.7 Å². The first kappa shape index (κ1) is 18.8. The highest BCUT2D eigenvalue weighted by Crippen LogP contribution is 2.26. The second-order valence-electron chi connectivity index (χ2n) is 5.59. The first-order valence-corrected chi connectivity index (χ1v) is 9.18. The molecule has 0 aliphatic rings. The third-order valence-electron chi connectivity index (χ3n) is 3.72. The number of nitrogen functional groups attached to an aromatic ring is 1. The van der Waals surface area contributed by atoms with Gasteiger partial charge in [-0.15, -0.1) is 10.2 Å². The summed E-state index contributed by atoms with van der Waals surface area (Å²) in [5.41, 5.74) is 1.63. The molecular weight excluding hydrogens is 384 g/mol. The molecule has 7 nitrogen and oxygen atoms in total. The number of nitrogens with two attached hydrogens (primary N) is 1. The monoisotopic (exact) mass is 398 g/mol. The van der Waals surface area contributed by atoms with E-state index in [1.165, 1.54) is 16.4 Å². The maximum absolute atomic E-state index is 12.5. The van der Waals surface area contributed by atoms with Gasteiger partial charge in [-0.25, -0.2) is 4.68 Å². The van der Waals surface area contributed by atoms with E-state index < -0.39 is 5.25 Å². The van der Waals surface area contributed by atoms with Crippen LogP contribution in [0, 0.1) is 11.3 Å². The summed E-state index contributed by atoms with van der Waals surface area (Å²) in [5, 5.41) is 20.5. The van der Waals surface area contributed by atoms with Crippen LogP contribution in [0.4, 0.5) is 5.69 Å². The predicted octanol–water partition coefficient (Wildman–Crippen LogP) is 3.30. The van der Waals surface area contributed by atoms with Crippen LogP contribution < -0.4 is 11.2 Å². The number of para-hydroxylation sites is 1. The number of rotatable bonds is 5. The molecule has 0 aliphatic carbocycles. The second-order valence-corrected chi connectivity index (χ2v) is 7.33. The summed E-state index contributed by atoms with van der Waals surface area (Å²) >= 11 is 7.07. The number of hydrogen-bond acceptors (Lipinski definition) is 6. The van der Waals surface area contributed by atoms with Crippen molar-refractivity contribution in [3.8, 4) is 17.5 Å². The van der Waals surface area contributed by atoms with Crippen LogP contribution in [-0.2, 0) is 4.79 Å². The molecule has 136 valence electrons. The highest BCUT2D eigenvalue weighted by molar-refractivity contribution is 8.00. The summed E-state index contributed by atoms with van der Waals surface area (Å²) < 4.78 is 1.33. The molecule has 9 heteroatoms. The average molecular weight is 399 g/mol. The van der Waals surface area contributed by atoms with Gasteiger partial charge in [0.15, 0.2) is 5.82 Å². The number of benzene rings is 2. The Bertz CT molecular complexity index is 1010. The Hall–Kier alpha value is -3.02. The van der Waals surface area contributed by atoms with Crippen molar-refractivity contribution in [2.75, 3.05) is 11.2 Å². The summed E-state index contributed by atoms with van der Waals surface area (Å²) in [6.07, 6.45) is 0. The van der Waals surface area contributed by atoms with E-state index in [2.05, 4.69) is 15.5 Å². The van der Waals surface area contributed by atoms with Crippen molar-refractivity contribution in [1.29, 1.82) is 5.26 Å². The van der Waals surface area contributed by atoms with Crippen molar-refractivity contribution in [1.82, 2.24) is 14.9 Å². The predicted molar refractivity (Wildman–Crippen MR) is 106 cm³/mol. The number of nitrogens with zero attached hydrogens (tertiary/aromatic N) is 4. The number of hydrogen-bond donors (Lipinski definition) is 2. The summed E-state index contributed by atoms with van der Waals surface area (Å²) in [5.74, 6) is 6.29. The molecule has 1 unspecified atom stereocenters. The fourth-order valence-corrected chi connectivity index (χ4v) is 3.19. The molecule has 1 aromatic heterocycles. The van der Waals surface area contributed by atoms with E-state index in [-0.39, 0.29) is 5.91 Å². The minimum Gasteiger partial charge on any atom is -0.335 e. The highest BCUT2D eigenvalue weighted by atomic mass is 35.5. The second kappa shape index (κ2) is 8.12. The summed E-state index contributed by atoms with van der Waals surface area (Å²) in [4.78, 5) is 12.5. The molecule has 3 rings (SSSR count). The minimum atomic E-state index is -0.499. The SMILES string of the molecule is CC(Sc1nnc(-c2ccc(Cl)cc2)n1N)C(=O)Nc1ccccc1C#N. The highest BCUT2D eigenvalue weighted by Gasteiger charge is 2.20. The normalized spacial score (nSPS) is 11.6. The summed E-state index contributed by atoms with van der Waals surface area (Å²) in [6.45, 7) is 1.73. The van der Waals surface area contributed by atoms with Crippen molar-refractivity contribution >= 4 is 35.0 Å². The number of nitrogens with one attached hydrogen (secondary N) is 1. The largest absolute Gasteiger partial charge is 0.335 e. The molecule has 0 spiro atoms. The number of anilines is 1. The summed E-state index contributed by atoms with van der Waals surface area (Å²) in [7, 11) is 0. The van der Waals surface area contributed by atoms with Gasteiger partial charge in [0.25, 0.3) is 0 Å². The standard InChI is InChI=1S/C18H15ClN6OS/c1-11(17(26)22-15-5-3-2-4-13(15)10-20)27-18-24-23-16(25(18)21)12-6-8-14(19)9-7-12/h2-9,11H,21H2,1H3,(H,22,26). The number of amides is 1. The number of carbonyl (C=O) groups excluding carboxylic acids is 1. The van der Waals surface area contributed by atoms with Crippen molar-refractivity contribution < 1.29 is 4.79 Å². The smallest absolute Gasteiger partial charge is 0.237 e. The van der Waals surface area contributed by atoms with Gasteiger partial charge in [-0.1, -0.05) is 35.5 Å². The van der Waals surface area contributed by atoms with Crippen LogP contribution in [0.5, 0.6) is 0 Å². The van der Waals surface area contributed by atoms with Gasteiger partial charge in [0.2, 0.25) is 11.1 Å². The van der Waals surface area contributed by atoms with E-state index in [0.29, 0.717) is 27.3 Å². The number of thioether (sulfide) groups is 1. The van der Waals surface area contributed by atoms with E-state index in [9.17, 15) is 4.79 Å². The lowest BCUT2D eigenvalue weighted by Gasteiger charge is -2.12. The Morgan fingerprint density at radius 2 is 1.96 bits per heavy atom. The number of nitriles is 1. The topological polar surface area (TPSA) is 110 Å². The zero-order valence-electron chi connectivity index (χ0n) is 14.3. The third kappa shape index (κ3) is 4.22. The van der Waals surface area contributed by atoms with E-state index in [1.54, 1.807) is 55.5 Å². The summed E-state index contributed by atoms with van der Waals surface area (Å²) in [6, 6.07) is 15.9. The van der Waals surface area contributed by atoms with Gasteiger partial charge in [-0.05, 0) is 43.3 Å². The van der Waals surface area contributed by atoms with Gasteiger partial charge in [0.1, 0.15) is 6.07 Å². The fourth-order valence-electron chi connectivity index (χ4n) is 2.29. The van der Waals surface area contributed by atoms with Crippen LogP contribution in [0.15, 0.2) is 53.7 Å². The van der Waals surface area contributed by atoms with Gasteiger partial charge in [-0.3, -0.25) is 4.79 Å². The lowest BCUT2D eigenvalue weighted by Crippen LogP contribution is -2.24. The molecule has 0 bridgehead atoms. The lowest BCUT2D eigenvalue weighted by atomic mass is 10.2. The molecule has 0 saturated carbocycles. The maximum atomic E-state index is 12.5. The molecule has 0 fully saturated rings. The van der Waals surface area contributed by atoms with E-state index >= 15 is 0 Å². The molecule has 27 heavy (non-hydrogen) atoms. The molecular formula is C18H15ClN6OS. The molecule has 1 amide bonds. The molecule has 0 radical (unpaired) electrons. The van der Waals surface area contributed by atoms with Crippen molar-refractivity contribution in [3.05, 3.63) is 59.1 Å². The molecule has 0 aliphatic heterocycles. The van der Waals surface area contributed by atoms with Crippen LogP contribution in [0.2, 0.25) is 5.02 Å². The Morgan fingerprint density at radius 3 is 2.67 bits per heavy atom. The van der Waals surface area contributed by atoms with E-state index in [0.717, 1.165) is 5.56 Å². The Balaban J connectivity index is 1.72. The Labute approximate surface area is 165 Å². The number of aromatic nitrogens is 3. The molecule has 0 saturated heterocycles. The van der Waals surface area contributed by atoms with Gasteiger partial charge in [0.05, 0.1) is 16.5 Å².